The van der Waals surface area contributed by atoms with Gasteiger partial charge in [-0.1, -0.05) is 13.8 Å². The molecule has 0 aliphatic carbocycles. The summed E-state index contributed by atoms with van der Waals surface area (Å²) in [5, 5.41) is 0. The summed E-state index contributed by atoms with van der Waals surface area (Å²) >= 11 is 0. The highest BCUT2D eigenvalue weighted by atomic mass is 16.5. The molecule has 0 radical (unpaired) electrons. The van der Waals surface area contributed by atoms with Gasteiger partial charge in [0.25, 0.3) is 0 Å². The van der Waals surface area contributed by atoms with Crippen molar-refractivity contribution in [1.29, 1.82) is 0 Å². The van der Waals surface area contributed by atoms with Crippen LogP contribution in [0.25, 0.3) is 0 Å². The number of aromatic nitrogens is 1. The number of hydrogen-bond donors (Lipinski definition) is 0. The average Bonchev–Trinajstić information content (AvgIpc) is 2.02. The van der Waals surface area contributed by atoms with Gasteiger partial charge in [0, 0.05) is 5.69 Å². The first-order valence-corrected chi connectivity index (χ1v) is 4.66. The van der Waals surface area contributed by atoms with E-state index >= 15 is 0 Å². The van der Waals surface area contributed by atoms with E-state index in [1.807, 2.05) is 26.0 Å². The van der Waals surface area contributed by atoms with E-state index in [1.54, 1.807) is 0 Å². The Labute approximate surface area is 80.0 Å². The van der Waals surface area contributed by atoms with Gasteiger partial charge in [0.15, 0.2) is 0 Å². The highest BCUT2D eigenvalue weighted by molar-refractivity contribution is 5.27. The summed E-state index contributed by atoms with van der Waals surface area (Å²) in [6.45, 7) is 8.99. The first kappa shape index (κ1) is 10.0. The second kappa shape index (κ2) is 4.26. The minimum atomic E-state index is 0.556. The van der Waals surface area contributed by atoms with Crippen LogP contribution in [0.4, 0.5) is 0 Å². The molecule has 0 aromatic carbocycles. The van der Waals surface area contributed by atoms with Crippen molar-refractivity contribution in [2.45, 2.75) is 27.7 Å². The van der Waals surface area contributed by atoms with Crippen LogP contribution in [-0.4, -0.2) is 11.6 Å². The predicted molar refractivity (Wildman–Crippen MR) is 54.0 cm³/mol. The lowest BCUT2D eigenvalue weighted by Crippen LogP contribution is -2.06. The van der Waals surface area contributed by atoms with E-state index in [9.17, 15) is 0 Å². The molecule has 0 bridgehead atoms. The fourth-order valence-electron chi connectivity index (χ4n) is 1.08. The van der Waals surface area contributed by atoms with Crippen molar-refractivity contribution in [1.82, 2.24) is 4.98 Å². The molecule has 1 aromatic rings. The maximum absolute atomic E-state index is 5.59. The van der Waals surface area contributed by atoms with Crippen molar-refractivity contribution in [3.05, 3.63) is 23.5 Å². The molecule has 0 unspecified atom stereocenters. The van der Waals surface area contributed by atoms with Crippen molar-refractivity contribution in [2.75, 3.05) is 6.61 Å². The van der Waals surface area contributed by atoms with Gasteiger partial charge in [-0.2, -0.15) is 0 Å². The van der Waals surface area contributed by atoms with Crippen molar-refractivity contribution in [3.63, 3.8) is 0 Å². The summed E-state index contributed by atoms with van der Waals surface area (Å²) < 4.78 is 5.59. The van der Waals surface area contributed by atoms with Crippen LogP contribution < -0.4 is 4.74 Å². The molecule has 2 nitrogen and oxygen atoms in total. The lowest BCUT2D eigenvalue weighted by Gasteiger charge is -2.10. The zero-order valence-electron chi connectivity index (χ0n) is 8.79. The summed E-state index contributed by atoms with van der Waals surface area (Å²) in [4.78, 5) is 4.33. The van der Waals surface area contributed by atoms with Gasteiger partial charge in [0.2, 0.25) is 0 Å². The van der Waals surface area contributed by atoms with E-state index in [2.05, 4.69) is 18.8 Å². The molecule has 0 saturated heterocycles. The van der Waals surface area contributed by atoms with Crippen LogP contribution in [-0.2, 0) is 0 Å². The summed E-state index contributed by atoms with van der Waals surface area (Å²) in [6.07, 6.45) is 0. The van der Waals surface area contributed by atoms with Crippen molar-refractivity contribution >= 4 is 0 Å². The van der Waals surface area contributed by atoms with E-state index in [4.69, 9.17) is 4.74 Å². The van der Waals surface area contributed by atoms with Gasteiger partial charge in [-0.25, -0.2) is 0 Å². The molecule has 0 spiro atoms. The Morgan fingerprint density at radius 1 is 1.31 bits per heavy atom. The van der Waals surface area contributed by atoms with Crippen LogP contribution in [0.2, 0.25) is 0 Å². The number of ether oxygens (including phenoxy) is 1. The van der Waals surface area contributed by atoms with Crippen LogP contribution in [0.1, 0.15) is 25.2 Å². The summed E-state index contributed by atoms with van der Waals surface area (Å²) in [5.41, 5.74) is 2.01. The minimum Gasteiger partial charge on any atom is -0.491 e. The van der Waals surface area contributed by atoms with Crippen molar-refractivity contribution in [2.24, 2.45) is 5.92 Å². The summed E-state index contributed by atoms with van der Waals surface area (Å²) in [6, 6.07) is 3.96. The molecule has 0 amide bonds. The summed E-state index contributed by atoms with van der Waals surface area (Å²) in [7, 11) is 0. The van der Waals surface area contributed by atoms with Crippen molar-refractivity contribution in [3.8, 4) is 5.75 Å². The lowest BCUT2D eigenvalue weighted by atomic mass is 10.2. The number of rotatable bonds is 3. The number of hydrogen-bond acceptors (Lipinski definition) is 2. The normalized spacial score (nSPS) is 10.5. The van der Waals surface area contributed by atoms with Gasteiger partial charge in [0.1, 0.15) is 5.75 Å². The number of nitrogens with zero attached hydrogens (tertiary/aromatic N) is 1. The van der Waals surface area contributed by atoms with Crippen LogP contribution in [0.15, 0.2) is 12.1 Å². The Balaban J connectivity index is 2.67. The van der Waals surface area contributed by atoms with Crippen molar-refractivity contribution < 1.29 is 4.74 Å². The molecule has 0 aliphatic rings. The van der Waals surface area contributed by atoms with E-state index in [1.165, 1.54) is 0 Å². The Morgan fingerprint density at radius 3 is 2.54 bits per heavy atom. The van der Waals surface area contributed by atoms with E-state index in [0.29, 0.717) is 5.92 Å². The van der Waals surface area contributed by atoms with Gasteiger partial charge in [-0.05, 0) is 31.9 Å². The van der Waals surface area contributed by atoms with Gasteiger partial charge in [0.05, 0.1) is 12.3 Å². The lowest BCUT2D eigenvalue weighted by molar-refractivity contribution is 0.268. The summed E-state index contributed by atoms with van der Waals surface area (Å²) in [5.74, 6) is 1.46. The molecule has 0 N–H and O–H groups in total. The molecule has 0 fully saturated rings. The second-order valence-electron chi connectivity index (χ2n) is 3.74. The minimum absolute atomic E-state index is 0.556. The molecule has 0 aliphatic heterocycles. The SMILES string of the molecule is Cc1ccc(OCC(C)C)c(C)n1. The molecule has 0 atom stereocenters. The third kappa shape index (κ3) is 3.05. The molecular formula is C11H17NO. The molecule has 1 rings (SSSR count). The fourth-order valence-corrected chi connectivity index (χ4v) is 1.08. The zero-order valence-corrected chi connectivity index (χ0v) is 8.79. The topological polar surface area (TPSA) is 22.1 Å². The van der Waals surface area contributed by atoms with E-state index in [0.717, 1.165) is 23.7 Å². The van der Waals surface area contributed by atoms with Gasteiger partial charge >= 0.3 is 0 Å². The Bertz CT molecular complexity index is 281. The first-order chi connectivity index (χ1) is 6.09. The van der Waals surface area contributed by atoms with Gasteiger partial charge in [-0.3, -0.25) is 4.98 Å². The standard InChI is InChI=1S/C11H17NO/c1-8(2)7-13-11-6-5-9(3)12-10(11)4/h5-6,8H,7H2,1-4H3. The third-order valence-electron chi connectivity index (χ3n) is 1.75. The quantitative estimate of drug-likeness (QED) is 0.711. The monoisotopic (exact) mass is 179 g/mol. The number of aryl methyl sites for hydroxylation is 2. The highest BCUT2D eigenvalue weighted by Gasteiger charge is 2.01. The molecule has 72 valence electrons. The van der Waals surface area contributed by atoms with Crippen LogP contribution in [0.5, 0.6) is 5.75 Å². The van der Waals surface area contributed by atoms with E-state index in [-0.39, 0.29) is 0 Å². The zero-order chi connectivity index (χ0) is 9.84. The van der Waals surface area contributed by atoms with Crippen LogP contribution in [0.3, 0.4) is 0 Å². The highest BCUT2D eigenvalue weighted by Crippen LogP contribution is 2.16. The van der Waals surface area contributed by atoms with Gasteiger partial charge in [-0.15, -0.1) is 0 Å². The Morgan fingerprint density at radius 2 is 2.00 bits per heavy atom. The maximum atomic E-state index is 5.59. The molecular weight excluding hydrogens is 162 g/mol. The second-order valence-corrected chi connectivity index (χ2v) is 3.74. The largest absolute Gasteiger partial charge is 0.491 e. The Hall–Kier alpha value is -1.05. The fraction of sp³-hybridized carbons (Fsp3) is 0.545. The maximum Gasteiger partial charge on any atom is 0.140 e. The molecule has 2 heteroatoms. The first-order valence-electron chi connectivity index (χ1n) is 4.66. The number of pyridine rings is 1. The smallest absolute Gasteiger partial charge is 0.140 e. The molecule has 13 heavy (non-hydrogen) atoms. The molecule has 1 aromatic heterocycles. The van der Waals surface area contributed by atoms with Crippen LogP contribution in [0, 0.1) is 19.8 Å². The third-order valence-corrected chi connectivity index (χ3v) is 1.75. The predicted octanol–water partition coefficient (Wildman–Crippen LogP) is 2.73. The Kier molecular flexibility index (Phi) is 3.29. The van der Waals surface area contributed by atoms with E-state index < -0.39 is 0 Å². The molecule has 1 heterocycles. The van der Waals surface area contributed by atoms with Gasteiger partial charge < -0.3 is 4.74 Å². The van der Waals surface area contributed by atoms with Crippen LogP contribution >= 0.6 is 0 Å². The average molecular weight is 179 g/mol. The molecule has 0 saturated carbocycles.